The van der Waals surface area contributed by atoms with Gasteiger partial charge in [-0.25, -0.2) is 12.8 Å². The van der Waals surface area contributed by atoms with Gasteiger partial charge in [-0.3, -0.25) is 0 Å². The maximum atomic E-state index is 11.9. The van der Waals surface area contributed by atoms with Crippen LogP contribution in [0, 0.1) is 0 Å². The summed E-state index contributed by atoms with van der Waals surface area (Å²) in [5.41, 5.74) is 1.07. The van der Waals surface area contributed by atoms with Crippen LogP contribution in [0.25, 0.3) is 0 Å². The molecule has 3 nitrogen and oxygen atoms in total. The van der Waals surface area contributed by atoms with Gasteiger partial charge >= 0.3 is 0 Å². The van der Waals surface area contributed by atoms with Gasteiger partial charge in [0.15, 0.2) is 0 Å². The quantitative estimate of drug-likeness (QED) is 0.784. The second kappa shape index (κ2) is 5.55. The normalized spacial score (nSPS) is 23.7. The number of rotatable bonds is 5. The molecule has 1 aliphatic carbocycles. The zero-order valence-corrected chi connectivity index (χ0v) is 11.3. The summed E-state index contributed by atoms with van der Waals surface area (Å²) in [5, 5.41) is 0. The highest BCUT2D eigenvalue weighted by Crippen LogP contribution is 2.38. The molecule has 1 aliphatic rings. The maximum Gasteiger partial charge on any atom is 0.261 e. The second-order valence-electron chi connectivity index (χ2n) is 4.36. The fourth-order valence-corrected chi connectivity index (χ4v) is 2.86. The van der Waals surface area contributed by atoms with Crippen LogP contribution >= 0.6 is 10.7 Å². The minimum Gasteiger partial charge on any atom is -0.375 e. The van der Waals surface area contributed by atoms with Gasteiger partial charge in [-0.2, -0.15) is 0 Å². The lowest BCUT2D eigenvalue weighted by molar-refractivity contribution is -0.0153. The first-order chi connectivity index (χ1) is 8.50. The molecule has 0 radical (unpaired) electrons. The van der Waals surface area contributed by atoms with Crippen molar-refractivity contribution in [3.63, 3.8) is 0 Å². The van der Waals surface area contributed by atoms with Crippen molar-refractivity contribution < 1.29 is 17.5 Å². The van der Waals surface area contributed by atoms with E-state index < -0.39 is 15.7 Å². The lowest BCUT2D eigenvalue weighted by Crippen LogP contribution is -2.30. The highest BCUT2D eigenvalue weighted by atomic mass is 35.7. The molecule has 0 bridgehead atoms. The monoisotopic (exact) mass is 292 g/mol. The summed E-state index contributed by atoms with van der Waals surface area (Å²) in [6.45, 7) is -0.301. The minimum atomic E-state index is -3.65. The molecule has 2 rings (SSSR count). The molecule has 1 saturated carbocycles. The van der Waals surface area contributed by atoms with Crippen molar-refractivity contribution in [3.05, 3.63) is 29.8 Å². The Kier molecular flexibility index (Phi) is 4.25. The number of hydrogen-bond acceptors (Lipinski definition) is 3. The predicted molar refractivity (Wildman–Crippen MR) is 67.2 cm³/mol. The summed E-state index contributed by atoms with van der Waals surface area (Å²) < 4.78 is 39.3. The first-order valence-corrected chi connectivity index (χ1v) is 8.04. The van der Waals surface area contributed by atoms with Gasteiger partial charge in [0.1, 0.15) is 6.67 Å². The smallest absolute Gasteiger partial charge is 0.261 e. The van der Waals surface area contributed by atoms with E-state index in [1.165, 1.54) is 12.1 Å². The Labute approximate surface area is 110 Å². The van der Waals surface area contributed by atoms with Crippen molar-refractivity contribution in [2.24, 2.45) is 0 Å². The van der Waals surface area contributed by atoms with E-state index in [4.69, 9.17) is 15.4 Å². The fourth-order valence-electron chi connectivity index (χ4n) is 2.09. The lowest BCUT2D eigenvalue weighted by atomic mass is 9.77. The Hall–Kier alpha value is -0.650. The van der Waals surface area contributed by atoms with Crippen LogP contribution in [0.1, 0.15) is 24.3 Å². The largest absolute Gasteiger partial charge is 0.375 e. The molecule has 1 aromatic carbocycles. The van der Waals surface area contributed by atoms with Crippen LogP contribution in [0.2, 0.25) is 0 Å². The summed E-state index contributed by atoms with van der Waals surface area (Å²) in [5.74, 6) is 0.363. The Bertz CT molecular complexity index is 495. The zero-order chi connectivity index (χ0) is 13.2. The van der Waals surface area contributed by atoms with E-state index in [-0.39, 0.29) is 17.6 Å². The average Bonchev–Trinajstić information content (AvgIpc) is 2.26. The van der Waals surface area contributed by atoms with Crippen LogP contribution in [-0.4, -0.2) is 27.8 Å². The van der Waals surface area contributed by atoms with E-state index in [1.807, 2.05) is 0 Å². The predicted octanol–water partition coefficient (Wildman–Crippen LogP) is 2.85. The molecule has 0 unspecified atom stereocenters. The second-order valence-corrected chi connectivity index (χ2v) is 6.92. The van der Waals surface area contributed by atoms with Gasteiger partial charge < -0.3 is 4.74 Å². The fraction of sp³-hybridized carbons (Fsp3) is 0.500. The zero-order valence-electron chi connectivity index (χ0n) is 9.68. The first-order valence-electron chi connectivity index (χ1n) is 5.73. The molecule has 0 spiro atoms. The van der Waals surface area contributed by atoms with Crippen LogP contribution in [-0.2, 0) is 13.8 Å². The number of alkyl halides is 1. The number of hydrogen-bond donors (Lipinski definition) is 0. The summed E-state index contributed by atoms with van der Waals surface area (Å²) in [4.78, 5) is 0.109. The molecule has 100 valence electrons. The van der Waals surface area contributed by atoms with E-state index in [9.17, 15) is 12.8 Å². The van der Waals surface area contributed by atoms with Gasteiger partial charge in [-0.1, -0.05) is 12.1 Å². The topological polar surface area (TPSA) is 43.4 Å². The van der Waals surface area contributed by atoms with E-state index in [0.29, 0.717) is 5.92 Å². The van der Waals surface area contributed by atoms with Crippen LogP contribution < -0.4 is 0 Å². The molecule has 0 atom stereocenters. The van der Waals surface area contributed by atoms with E-state index in [2.05, 4.69) is 0 Å². The van der Waals surface area contributed by atoms with Crippen molar-refractivity contribution in [2.45, 2.75) is 29.8 Å². The number of halogens is 2. The SMILES string of the molecule is O=S(=O)(Cl)c1ccc([C@H]2C[C@H](OCCF)C2)cc1. The molecular weight excluding hydrogens is 279 g/mol. The van der Waals surface area contributed by atoms with Crippen molar-refractivity contribution in [1.29, 1.82) is 0 Å². The highest BCUT2D eigenvalue weighted by molar-refractivity contribution is 8.13. The van der Waals surface area contributed by atoms with Gasteiger partial charge in [0.2, 0.25) is 0 Å². The van der Waals surface area contributed by atoms with Gasteiger partial charge in [0.05, 0.1) is 17.6 Å². The third-order valence-corrected chi connectivity index (χ3v) is 4.53. The van der Waals surface area contributed by atoms with Crippen LogP contribution in [0.15, 0.2) is 29.2 Å². The Balaban J connectivity index is 1.93. The molecule has 0 amide bonds. The lowest BCUT2D eigenvalue weighted by Gasteiger charge is -2.35. The van der Waals surface area contributed by atoms with E-state index in [1.54, 1.807) is 12.1 Å². The standard InChI is InChI=1S/C12H14ClFO3S/c13-18(15,16)12-3-1-9(2-4-12)10-7-11(8-10)17-6-5-14/h1-4,10-11H,5-8H2/t10-,11-. The molecular formula is C12H14ClFO3S. The molecule has 18 heavy (non-hydrogen) atoms. The highest BCUT2D eigenvalue weighted by Gasteiger charge is 2.30. The summed E-state index contributed by atoms with van der Waals surface area (Å²) in [6, 6.07) is 6.55. The van der Waals surface area contributed by atoms with Crippen LogP contribution in [0.3, 0.4) is 0 Å². The molecule has 0 aromatic heterocycles. The third kappa shape index (κ3) is 3.22. The molecule has 0 heterocycles. The van der Waals surface area contributed by atoms with Crippen molar-refractivity contribution in [1.82, 2.24) is 0 Å². The number of benzene rings is 1. The number of ether oxygens (including phenoxy) is 1. The molecule has 1 fully saturated rings. The Morgan fingerprint density at radius 1 is 1.28 bits per heavy atom. The Morgan fingerprint density at radius 3 is 2.39 bits per heavy atom. The molecule has 6 heteroatoms. The maximum absolute atomic E-state index is 11.9. The van der Waals surface area contributed by atoms with Crippen LogP contribution in [0.4, 0.5) is 4.39 Å². The third-order valence-electron chi connectivity index (χ3n) is 3.16. The van der Waals surface area contributed by atoms with E-state index in [0.717, 1.165) is 18.4 Å². The van der Waals surface area contributed by atoms with Crippen molar-refractivity contribution in [3.8, 4) is 0 Å². The van der Waals surface area contributed by atoms with Crippen molar-refractivity contribution in [2.75, 3.05) is 13.3 Å². The van der Waals surface area contributed by atoms with E-state index >= 15 is 0 Å². The van der Waals surface area contributed by atoms with Gasteiger partial charge in [-0.15, -0.1) is 0 Å². The summed E-state index contributed by atoms with van der Waals surface area (Å²) in [6.07, 6.45) is 1.84. The average molecular weight is 293 g/mol. The molecule has 1 aromatic rings. The van der Waals surface area contributed by atoms with Crippen molar-refractivity contribution >= 4 is 19.7 Å². The van der Waals surface area contributed by atoms with Gasteiger partial charge in [0, 0.05) is 10.7 Å². The molecule has 0 aliphatic heterocycles. The molecule has 0 saturated heterocycles. The van der Waals surface area contributed by atoms with Crippen LogP contribution in [0.5, 0.6) is 0 Å². The summed E-state index contributed by atoms with van der Waals surface area (Å²) in [7, 11) is 1.58. The Morgan fingerprint density at radius 2 is 1.89 bits per heavy atom. The van der Waals surface area contributed by atoms with Gasteiger partial charge in [0.25, 0.3) is 9.05 Å². The first kappa shape index (κ1) is 13.8. The molecule has 0 N–H and O–H groups in total. The summed E-state index contributed by atoms with van der Waals surface area (Å²) >= 11 is 0. The van der Waals surface area contributed by atoms with Gasteiger partial charge in [-0.05, 0) is 36.5 Å². The minimum absolute atomic E-state index is 0.109.